The van der Waals surface area contributed by atoms with Crippen LogP contribution >= 0.6 is 46.9 Å². The topological polar surface area (TPSA) is 97.8 Å². The van der Waals surface area contributed by atoms with Crippen molar-refractivity contribution in [2.24, 2.45) is 5.92 Å². The SMILES string of the molecule is CC1=C(Cl)C(Cl)=C(C(=O)Nc2nc3c(OCCC4CCOCC4)cc(C(=O)O)cc3s2)C1.Cl. The van der Waals surface area contributed by atoms with Gasteiger partial charge in [0.25, 0.3) is 5.91 Å². The predicted octanol–water partition coefficient (Wildman–Crippen LogP) is 5.96. The average Bonchev–Trinajstić information content (AvgIpc) is 3.29. The number of hydrogen-bond acceptors (Lipinski definition) is 6. The van der Waals surface area contributed by atoms with E-state index in [1.165, 1.54) is 23.5 Å². The first-order valence-electron chi connectivity index (χ1n) is 10.3. The van der Waals surface area contributed by atoms with Crippen molar-refractivity contribution >= 4 is 74.2 Å². The number of fused-ring (bicyclic) bond motifs is 1. The van der Waals surface area contributed by atoms with Gasteiger partial charge in [0.1, 0.15) is 11.3 Å². The van der Waals surface area contributed by atoms with Gasteiger partial charge in [0, 0.05) is 25.2 Å². The minimum absolute atomic E-state index is 0. The smallest absolute Gasteiger partial charge is 0.335 e. The number of carboxylic acid groups (broad SMARTS) is 1. The highest BCUT2D eigenvalue weighted by Crippen LogP contribution is 2.39. The summed E-state index contributed by atoms with van der Waals surface area (Å²) in [4.78, 5) is 28.8. The minimum atomic E-state index is -1.06. The number of allylic oxidation sites excluding steroid dienone is 3. The number of benzene rings is 1. The molecule has 1 aromatic carbocycles. The van der Waals surface area contributed by atoms with Crippen LogP contribution in [0, 0.1) is 5.92 Å². The first-order valence-corrected chi connectivity index (χ1v) is 11.8. The van der Waals surface area contributed by atoms with Gasteiger partial charge >= 0.3 is 5.97 Å². The number of halogens is 3. The summed E-state index contributed by atoms with van der Waals surface area (Å²) in [6, 6.07) is 3.00. The van der Waals surface area contributed by atoms with Crippen LogP contribution in [0.25, 0.3) is 10.2 Å². The number of carbonyl (C=O) groups is 2. The van der Waals surface area contributed by atoms with Gasteiger partial charge in [0.05, 0.1) is 26.9 Å². The average molecular weight is 534 g/mol. The lowest BCUT2D eigenvalue weighted by Gasteiger charge is -2.21. The first kappa shape index (κ1) is 25.8. The molecule has 1 aliphatic carbocycles. The number of thiazole rings is 1. The molecule has 1 aromatic heterocycles. The fraction of sp³-hybridized carbons (Fsp3) is 0.409. The summed E-state index contributed by atoms with van der Waals surface area (Å²) in [5.41, 5.74) is 1.83. The number of rotatable bonds is 7. The molecule has 0 unspecified atom stereocenters. The van der Waals surface area contributed by atoms with E-state index in [-0.39, 0.29) is 28.9 Å². The molecule has 0 saturated carbocycles. The molecule has 0 atom stereocenters. The van der Waals surface area contributed by atoms with E-state index in [9.17, 15) is 14.7 Å². The Morgan fingerprint density at radius 2 is 2.00 bits per heavy atom. The van der Waals surface area contributed by atoms with E-state index in [0.29, 0.717) is 50.6 Å². The highest BCUT2D eigenvalue weighted by Gasteiger charge is 2.25. The fourth-order valence-corrected chi connectivity index (χ4v) is 5.16. The molecule has 33 heavy (non-hydrogen) atoms. The van der Waals surface area contributed by atoms with Crippen LogP contribution in [0.5, 0.6) is 5.75 Å². The third-order valence-electron chi connectivity index (χ3n) is 5.60. The third kappa shape index (κ3) is 5.81. The molecule has 0 radical (unpaired) electrons. The Morgan fingerprint density at radius 3 is 2.64 bits per heavy atom. The molecule has 0 spiro atoms. The highest BCUT2D eigenvalue weighted by molar-refractivity contribution is 7.22. The van der Waals surface area contributed by atoms with Crippen LogP contribution in [0.1, 0.15) is 43.0 Å². The number of nitrogens with one attached hydrogen (secondary N) is 1. The van der Waals surface area contributed by atoms with Crippen molar-refractivity contribution in [2.45, 2.75) is 32.6 Å². The second-order valence-corrected chi connectivity index (χ2v) is 9.64. The monoisotopic (exact) mass is 532 g/mol. The summed E-state index contributed by atoms with van der Waals surface area (Å²) in [5.74, 6) is -0.522. The summed E-state index contributed by atoms with van der Waals surface area (Å²) >= 11 is 13.5. The normalized spacial score (nSPS) is 16.8. The Bertz CT molecular complexity index is 1140. The molecule has 1 fully saturated rings. The number of aromatic carboxylic acids is 1. The number of nitrogens with zero attached hydrogens (tertiary/aromatic N) is 1. The van der Waals surface area contributed by atoms with Gasteiger partial charge in [-0.05, 0) is 49.8 Å². The van der Waals surface area contributed by atoms with E-state index < -0.39 is 5.97 Å². The highest BCUT2D eigenvalue weighted by atomic mass is 35.5. The lowest BCUT2D eigenvalue weighted by molar-refractivity contribution is -0.112. The largest absolute Gasteiger partial charge is 0.491 e. The number of amides is 1. The number of carbonyl (C=O) groups excluding carboxylic acids is 1. The molecule has 1 aliphatic heterocycles. The van der Waals surface area contributed by atoms with Crippen LogP contribution < -0.4 is 10.1 Å². The minimum Gasteiger partial charge on any atom is -0.491 e. The molecule has 178 valence electrons. The van der Waals surface area contributed by atoms with Crippen LogP contribution in [-0.2, 0) is 9.53 Å². The van der Waals surface area contributed by atoms with E-state index in [0.717, 1.165) is 38.0 Å². The fourth-order valence-electron chi connectivity index (χ4n) is 3.75. The number of aromatic nitrogens is 1. The quantitative estimate of drug-likeness (QED) is 0.456. The van der Waals surface area contributed by atoms with Gasteiger partial charge in [0.15, 0.2) is 5.13 Å². The molecular weight excluding hydrogens is 511 g/mol. The van der Waals surface area contributed by atoms with Crippen molar-refractivity contribution in [1.29, 1.82) is 0 Å². The van der Waals surface area contributed by atoms with Gasteiger partial charge < -0.3 is 14.6 Å². The predicted molar refractivity (Wildman–Crippen MR) is 132 cm³/mol. The summed E-state index contributed by atoms with van der Waals surface area (Å²) in [5, 5.41) is 13.2. The lowest BCUT2D eigenvalue weighted by Crippen LogP contribution is -2.17. The zero-order valence-corrected chi connectivity index (χ0v) is 20.9. The second-order valence-electron chi connectivity index (χ2n) is 7.86. The van der Waals surface area contributed by atoms with Crippen LogP contribution in [0.3, 0.4) is 0 Å². The second kappa shape index (κ2) is 11.1. The Kier molecular flexibility index (Phi) is 8.64. The molecule has 0 bridgehead atoms. The van der Waals surface area contributed by atoms with Crippen LogP contribution in [-0.4, -0.2) is 41.8 Å². The Morgan fingerprint density at radius 1 is 1.27 bits per heavy atom. The van der Waals surface area contributed by atoms with Crippen LogP contribution in [0.4, 0.5) is 5.13 Å². The molecule has 11 heteroatoms. The lowest BCUT2D eigenvalue weighted by atomic mass is 9.97. The number of carboxylic acids is 1. The molecule has 1 amide bonds. The summed E-state index contributed by atoms with van der Waals surface area (Å²) < 4.78 is 11.9. The summed E-state index contributed by atoms with van der Waals surface area (Å²) in [6.45, 7) is 3.80. The van der Waals surface area contributed by atoms with Gasteiger partial charge in [-0.2, -0.15) is 0 Å². The molecule has 4 rings (SSSR count). The van der Waals surface area contributed by atoms with Crippen molar-refractivity contribution in [3.8, 4) is 5.75 Å². The third-order valence-corrected chi connectivity index (χ3v) is 7.54. The molecular formula is C22H23Cl3N2O5S. The molecule has 1 saturated heterocycles. The van der Waals surface area contributed by atoms with Crippen molar-refractivity contribution in [2.75, 3.05) is 25.1 Å². The Hall–Kier alpha value is -1.84. The van der Waals surface area contributed by atoms with Gasteiger partial charge in [-0.15, -0.1) is 12.4 Å². The zero-order chi connectivity index (χ0) is 22.8. The number of anilines is 1. The Balaban J connectivity index is 0.00000306. The van der Waals surface area contributed by atoms with E-state index in [4.69, 9.17) is 32.7 Å². The molecule has 2 aliphatic rings. The number of hydrogen-bond donors (Lipinski definition) is 2. The standard InChI is InChI=1S/C22H22Cl2N2O5S.ClH/c1-11-8-14(18(24)17(11)23)20(27)26-22-25-19-15(9-13(21(28)29)10-16(19)32-22)31-7-4-12-2-5-30-6-3-12;/h9-10,12H,2-8H2,1H3,(H,28,29)(H,25,26,27);1H. The van der Waals surface area contributed by atoms with E-state index in [1.807, 2.05) is 6.92 Å². The number of ether oxygens (including phenoxy) is 2. The maximum absolute atomic E-state index is 12.7. The maximum Gasteiger partial charge on any atom is 0.335 e. The van der Waals surface area contributed by atoms with Crippen molar-refractivity contribution in [3.63, 3.8) is 0 Å². The maximum atomic E-state index is 12.7. The van der Waals surface area contributed by atoms with Gasteiger partial charge in [-0.1, -0.05) is 34.5 Å². The molecule has 2 heterocycles. The van der Waals surface area contributed by atoms with Gasteiger partial charge in [-0.3, -0.25) is 10.1 Å². The molecule has 7 nitrogen and oxygen atoms in total. The molecule has 2 N–H and O–H groups in total. The summed E-state index contributed by atoms with van der Waals surface area (Å²) in [6.07, 6.45) is 3.23. The van der Waals surface area contributed by atoms with Gasteiger partial charge in [0.2, 0.25) is 0 Å². The van der Waals surface area contributed by atoms with Crippen molar-refractivity contribution in [1.82, 2.24) is 4.98 Å². The van der Waals surface area contributed by atoms with Crippen LogP contribution in [0.2, 0.25) is 0 Å². The van der Waals surface area contributed by atoms with Crippen LogP contribution in [0.15, 0.2) is 33.3 Å². The van der Waals surface area contributed by atoms with E-state index >= 15 is 0 Å². The Labute approximate surface area is 211 Å². The summed E-state index contributed by atoms with van der Waals surface area (Å²) in [7, 11) is 0. The first-order chi connectivity index (χ1) is 15.3. The van der Waals surface area contributed by atoms with Gasteiger partial charge in [-0.25, -0.2) is 9.78 Å². The van der Waals surface area contributed by atoms with E-state index in [1.54, 1.807) is 0 Å². The molecule has 2 aromatic rings. The van der Waals surface area contributed by atoms with Crippen molar-refractivity contribution in [3.05, 3.63) is 38.9 Å². The van der Waals surface area contributed by atoms with Crippen molar-refractivity contribution < 1.29 is 24.2 Å². The van der Waals surface area contributed by atoms with E-state index in [2.05, 4.69) is 10.3 Å². The zero-order valence-electron chi connectivity index (χ0n) is 17.8.